The molecule has 1 unspecified atom stereocenters. The summed E-state index contributed by atoms with van der Waals surface area (Å²) in [5.41, 5.74) is 0. The number of carbonyl (C=O) groups excluding carboxylic acids is 2. The number of likely N-dealkylation sites (N-methyl/N-ethyl adjacent to an activating group) is 1. The molecule has 0 fully saturated rings. The number of carbonyl (C=O) groups is 2. The lowest BCUT2D eigenvalue weighted by molar-refractivity contribution is -0.870. The average molecular weight is 895 g/mol. The Bertz CT molecular complexity index is 1190. The van der Waals surface area contributed by atoms with Crippen molar-refractivity contribution in [2.75, 3.05) is 47.5 Å². The van der Waals surface area contributed by atoms with E-state index in [-0.39, 0.29) is 26.1 Å². The molecule has 0 heterocycles. The highest BCUT2D eigenvalue weighted by molar-refractivity contribution is 7.47. The number of hydrogen-bond acceptors (Lipinski definition) is 7. The number of ether oxygens (including phenoxy) is 2. The first kappa shape index (κ1) is 60.0. The van der Waals surface area contributed by atoms with E-state index in [0.717, 1.165) is 51.4 Å². The van der Waals surface area contributed by atoms with Crippen molar-refractivity contribution < 1.29 is 42.1 Å². The molecule has 0 rings (SSSR count). The first-order chi connectivity index (χ1) is 30.0. The highest BCUT2D eigenvalue weighted by Crippen LogP contribution is 2.43. The Balaban J connectivity index is 4.31. The standard InChI is InChI=1S/C52H96NO8P/c1-6-8-10-12-14-16-18-20-22-24-26-28-30-32-34-36-38-40-42-44-51(54)58-48-50(49-60-62(56,57)59-47-46-53(3,4)5)61-52(55)45-43-41-39-37-35-33-31-29-27-25-23-21-19-17-15-13-11-9-7-2/h14,16,20,22,26,28,32,34,50H,6-13,15,17-19,21,23-25,27,29-31,33,35-49H2,1-5H3/p+1/b16-14+,22-20+,28-26+,34-32+/t50-/m1/s1. The summed E-state index contributed by atoms with van der Waals surface area (Å²) in [5.74, 6) is -0.828. The third kappa shape index (κ3) is 47.4. The average Bonchev–Trinajstić information content (AvgIpc) is 3.23. The van der Waals surface area contributed by atoms with Gasteiger partial charge < -0.3 is 18.9 Å². The van der Waals surface area contributed by atoms with Gasteiger partial charge in [-0.15, -0.1) is 0 Å². The summed E-state index contributed by atoms with van der Waals surface area (Å²) in [6.07, 6.45) is 53.0. The summed E-state index contributed by atoms with van der Waals surface area (Å²) in [5, 5.41) is 0. The van der Waals surface area contributed by atoms with Gasteiger partial charge in [-0.25, -0.2) is 4.57 Å². The number of rotatable bonds is 46. The Morgan fingerprint density at radius 2 is 0.871 bits per heavy atom. The van der Waals surface area contributed by atoms with E-state index in [9.17, 15) is 19.0 Å². The third-order valence-corrected chi connectivity index (χ3v) is 11.8. The molecular formula is C52H97NO8P+. The molecule has 0 aromatic rings. The van der Waals surface area contributed by atoms with E-state index in [1.165, 1.54) is 128 Å². The Morgan fingerprint density at radius 3 is 1.32 bits per heavy atom. The van der Waals surface area contributed by atoms with E-state index < -0.39 is 32.5 Å². The predicted octanol–water partition coefficient (Wildman–Crippen LogP) is 15.0. The SMILES string of the molecule is CCCCC/C=C/C/C=C/C/C=C/C/C=C/CCCCCC(=O)OC[C@H](COP(=O)(O)OCC[N+](C)(C)C)OC(=O)CCCCCCCCCCCCCCCCCCCCC. The van der Waals surface area contributed by atoms with Crippen LogP contribution in [0.2, 0.25) is 0 Å². The van der Waals surface area contributed by atoms with Crippen LogP contribution < -0.4 is 0 Å². The molecule has 0 aliphatic rings. The van der Waals surface area contributed by atoms with E-state index >= 15 is 0 Å². The summed E-state index contributed by atoms with van der Waals surface area (Å²) in [6, 6.07) is 0. The summed E-state index contributed by atoms with van der Waals surface area (Å²) in [7, 11) is 1.46. The maximum atomic E-state index is 12.8. The van der Waals surface area contributed by atoms with Crippen LogP contribution in [-0.2, 0) is 32.7 Å². The van der Waals surface area contributed by atoms with Crippen LogP contribution >= 0.6 is 7.82 Å². The zero-order valence-electron chi connectivity index (χ0n) is 40.9. The van der Waals surface area contributed by atoms with Crippen LogP contribution in [0.3, 0.4) is 0 Å². The molecule has 1 N–H and O–H groups in total. The lowest BCUT2D eigenvalue weighted by Gasteiger charge is -2.24. The fraction of sp³-hybridized carbons (Fsp3) is 0.808. The molecule has 0 aliphatic heterocycles. The van der Waals surface area contributed by atoms with Gasteiger partial charge >= 0.3 is 19.8 Å². The molecule has 10 heteroatoms. The minimum Gasteiger partial charge on any atom is -0.462 e. The number of phosphoric ester groups is 1. The number of unbranched alkanes of at least 4 members (excludes halogenated alkanes) is 24. The van der Waals surface area contributed by atoms with Gasteiger partial charge in [0.2, 0.25) is 0 Å². The predicted molar refractivity (Wildman–Crippen MR) is 261 cm³/mol. The van der Waals surface area contributed by atoms with Crippen LogP contribution in [0.4, 0.5) is 0 Å². The van der Waals surface area contributed by atoms with Gasteiger partial charge in [0.1, 0.15) is 19.8 Å². The van der Waals surface area contributed by atoms with Crippen LogP contribution in [0, 0.1) is 0 Å². The van der Waals surface area contributed by atoms with Gasteiger partial charge in [0, 0.05) is 12.8 Å². The topological polar surface area (TPSA) is 108 Å². The number of nitrogens with zero attached hydrogens (tertiary/aromatic N) is 1. The lowest BCUT2D eigenvalue weighted by Crippen LogP contribution is -2.37. The number of hydrogen-bond donors (Lipinski definition) is 1. The molecule has 0 aromatic heterocycles. The minimum absolute atomic E-state index is 0.0263. The normalized spacial score (nSPS) is 13.8. The molecule has 0 aliphatic carbocycles. The van der Waals surface area contributed by atoms with E-state index in [1.807, 2.05) is 21.1 Å². The van der Waals surface area contributed by atoms with Crippen LogP contribution in [0.5, 0.6) is 0 Å². The largest absolute Gasteiger partial charge is 0.472 e. The molecular weight excluding hydrogens is 798 g/mol. The second-order valence-electron chi connectivity index (χ2n) is 18.2. The lowest BCUT2D eigenvalue weighted by atomic mass is 10.0. The highest BCUT2D eigenvalue weighted by Gasteiger charge is 2.27. The molecule has 0 saturated carbocycles. The monoisotopic (exact) mass is 895 g/mol. The van der Waals surface area contributed by atoms with Crippen molar-refractivity contribution in [2.45, 2.75) is 225 Å². The zero-order valence-corrected chi connectivity index (χ0v) is 41.7. The van der Waals surface area contributed by atoms with Crippen molar-refractivity contribution in [1.29, 1.82) is 0 Å². The molecule has 62 heavy (non-hydrogen) atoms. The molecule has 2 atom stereocenters. The molecule has 362 valence electrons. The van der Waals surface area contributed by atoms with E-state index in [2.05, 4.69) is 62.5 Å². The first-order valence-corrected chi connectivity index (χ1v) is 26.9. The molecule has 0 amide bonds. The Kier molecular flexibility index (Phi) is 42.7. The quantitative estimate of drug-likeness (QED) is 0.0212. The number of quaternary nitrogens is 1. The van der Waals surface area contributed by atoms with Crippen LogP contribution in [0.15, 0.2) is 48.6 Å². The summed E-state index contributed by atoms with van der Waals surface area (Å²) >= 11 is 0. The number of allylic oxidation sites excluding steroid dienone is 8. The maximum Gasteiger partial charge on any atom is 0.472 e. The number of phosphoric acid groups is 1. The minimum atomic E-state index is -4.39. The highest BCUT2D eigenvalue weighted by atomic mass is 31.2. The van der Waals surface area contributed by atoms with Crippen molar-refractivity contribution in [1.82, 2.24) is 0 Å². The van der Waals surface area contributed by atoms with E-state index in [1.54, 1.807) is 0 Å². The van der Waals surface area contributed by atoms with Gasteiger partial charge in [0.15, 0.2) is 6.10 Å². The van der Waals surface area contributed by atoms with Crippen molar-refractivity contribution in [2.24, 2.45) is 0 Å². The fourth-order valence-electron chi connectivity index (χ4n) is 6.88. The molecule has 0 aromatic carbocycles. The van der Waals surface area contributed by atoms with Gasteiger partial charge in [-0.1, -0.05) is 197 Å². The maximum absolute atomic E-state index is 12.8. The smallest absolute Gasteiger partial charge is 0.462 e. The Labute approximate surface area is 382 Å². The van der Waals surface area contributed by atoms with E-state index in [4.69, 9.17) is 18.5 Å². The van der Waals surface area contributed by atoms with Crippen molar-refractivity contribution in [3.8, 4) is 0 Å². The first-order valence-electron chi connectivity index (χ1n) is 25.4. The van der Waals surface area contributed by atoms with Gasteiger partial charge in [-0.3, -0.25) is 18.6 Å². The molecule has 0 saturated heterocycles. The second-order valence-corrected chi connectivity index (χ2v) is 19.7. The zero-order chi connectivity index (χ0) is 45.7. The molecule has 0 spiro atoms. The van der Waals surface area contributed by atoms with Gasteiger partial charge in [-0.05, 0) is 57.8 Å². The van der Waals surface area contributed by atoms with Crippen molar-refractivity contribution >= 4 is 19.8 Å². The Hall–Kier alpha value is -2.03. The Morgan fingerprint density at radius 1 is 0.500 bits per heavy atom. The summed E-state index contributed by atoms with van der Waals surface area (Å²) in [4.78, 5) is 35.5. The molecule has 0 bridgehead atoms. The summed E-state index contributed by atoms with van der Waals surface area (Å²) in [6.45, 7) is 4.38. The van der Waals surface area contributed by atoms with Crippen molar-refractivity contribution in [3.63, 3.8) is 0 Å². The van der Waals surface area contributed by atoms with Gasteiger partial charge in [0.05, 0.1) is 27.7 Å². The van der Waals surface area contributed by atoms with Crippen LogP contribution in [0.1, 0.15) is 219 Å². The number of esters is 2. The second kappa shape index (κ2) is 44.2. The fourth-order valence-corrected chi connectivity index (χ4v) is 7.62. The van der Waals surface area contributed by atoms with Crippen LogP contribution in [-0.4, -0.2) is 74.9 Å². The van der Waals surface area contributed by atoms with Gasteiger partial charge in [-0.2, -0.15) is 0 Å². The van der Waals surface area contributed by atoms with Crippen molar-refractivity contribution in [3.05, 3.63) is 48.6 Å². The van der Waals surface area contributed by atoms with Gasteiger partial charge in [0.25, 0.3) is 0 Å². The summed E-state index contributed by atoms with van der Waals surface area (Å²) < 4.78 is 34.4. The third-order valence-electron chi connectivity index (χ3n) is 10.9. The van der Waals surface area contributed by atoms with E-state index in [0.29, 0.717) is 23.9 Å². The van der Waals surface area contributed by atoms with Crippen LogP contribution in [0.25, 0.3) is 0 Å². The molecule has 9 nitrogen and oxygen atoms in total. The molecule has 0 radical (unpaired) electrons.